The highest BCUT2D eigenvalue weighted by molar-refractivity contribution is 5.94. The maximum absolute atomic E-state index is 13.0. The second kappa shape index (κ2) is 9.43. The normalized spacial score (nSPS) is 14.7. The first-order chi connectivity index (χ1) is 15.9. The van der Waals surface area contributed by atoms with E-state index >= 15 is 0 Å². The lowest BCUT2D eigenvalue weighted by atomic mass is 10.0. The number of likely N-dealkylation sites (N-methyl/N-ethyl adjacent to an activating group) is 1. The molecule has 4 rings (SSSR count). The number of rotatable bonds is 6. The third-order valence-corrected chi connectivity index (χ3v) is 6.34. The molecule has 1 aliphatic heterocycles. The second-order valence-electron chi connectivity index (χ2n) is 8.65. The zero-order chi connectivity index (χ0) is 23.5. The monoisotopic (exact) mass is 444 g/mol. The quantitative estimate of drug-likeness (QED) is 0.630. The van der Waals surface area contributed by atoms with Crippen molar-refractivity contribution in [3.8, 4) is 23.0 Å². The molecule has 0 unspecified atom stereocenters. The Morgan fingerprint density at radius 3 is 2.64 bits per heavy atom. The molecule has 1 atom stereocenters. The van der Waals surface area contributed by atoms with Gasteiger partial charge in [-0.1, -0.05) is 6.07 Å². The number of carbonyl (C=O) groups excluding carboxylic acids is 1. The zero-order valence-corrected chi connectivity index (χ0v) is 19.2. The van der Waals surface area contributed by atoms with Gasteiger partial charge in [0.2, 0.25) is 0 Å². The van der Waals surface area contributed by atoms with Gasteiger partial charge in [0.25, 0.3) is 11.5 Å². The van der Waals surface area contributed by atoms with Crippen molar-refractivity contribution in [1.82, 2.24) is 24.6 Å². The number of nitrogens with zero attached hydrogens (tertiary/aromatic N) is 5. The SMILES string of the molecule is Cc1cc(C#N)ccc1-c1c[nH]n(-c2ccc(C(=O)N(C)[C@@H](C)CN3CCCC3)cn2)c1=O. The lowest BCUT2D eigenvalue weighted by molar-refractivity contribution is 0.0714. The molecule has 170 valence electrons. The van der Waals surface area contributed by atoms with Crippen LogP contribution in [0, 0.1) is 18.3 Å². The number of hydrogen-bond acceptors (Lipinski definition) is 5. The first kappa shape index (κ1) is 22.5. The van der Waals surface area contributed by atoms with Crippen molar-refractivity contribution >= 4 is 5.91 Å². The van der Waals surface area contributed by atoms with Crippen molar-refractivity contribution in [2.45, 2.75) is 32.7 Å². The Morgan fingerprint density at radius 2 is 2.00 bits per heavy atom. The number of H-pyrrole nitrogens is 1. The molecule has 0 radical (unpaired) electrons. The van der Waals surface area contributed by atoms with Crippen molar-refractivity contribution in [2.24, 2.45) is 0 Å². The largest absolute Gasteiger partial charge is 0.338 e. The van der Waals surface area contributed by atoms with Crippen molar-refractivity contribution in [1.29, 1.82) is 5.26 Å². The van der Waals surface area contributed by atoms with Crippen LogP contribution in [0.4, 0.5) is 0 Å². The first-order valence-electron chi connectivity index (χ1n) is 11.2. The van der Waals surface area contributed by atoms with E-state index in [-0.39, 0.29) is 17.5 Å². The van der Waals surface area contributed by atoms with E-state index in [2.05, 4.69) is 28.0 Å². The lowest BCUT2D eigenvalue weighted by Gasteiger charge is -2.28. The number of aromatic nitrogens is 3. The molecule has 1 amide bonds. The topological polar surface area (TPSA) is 98.0 Å². The molecule has 2 aromatic heterocycles. The van der Waals surface area contributed by atoms with Crippen LogP contribution in [0.2, 0.25) is 0 Å². The molecule has 1 fully saturated rings. The third kappa shape index (κ3) is 4.59. The van der Waals surface area contributed by atoms with Crippen LogP contribution in [0.25, 0.3) is 16.9 Å². The summed E-state index contributed by atoms with van der Waals surface area (Å²) in [5.74, 6) is 0.315. The van der Waals surface area contributed by atoms with Gasteiger partial charge in [-0.2, -0.15) is 5.26 Å². The Bertz CT molecular complexity index is 1250. The van der Waals surface area contributed by atoms with E-state index in [4.69, 9.17) is 5.26 Å². The summed E-state index contributed by atoms with van der Waals surface area (Å²) in [6, 6.07) is 10.8. The van der Waals surface area contributed by atoms with E-state index in [0.29, 0.717) is 22.5 Å². The standard InChI is InChI=1S/C25H28N6O2/c1-17-12-19(13-26)6-8-21(17)22-15-28-31(25(22)33)23-9-7-20(14-27-23)24(32)29(3)18(2)16-30-10-4-5-11-30/h6-9,12,14-15,18,28H,4-5,10-11,16H2,1-3H3/t18-/m0/s1. The number of likely N-dealkylation sites (tertiary alicyclic amines) is 1. The number of nitrogens with one attached hydrogen (secondary N) is 1. The predicted molar refractivity (Wildman–Crippen MR) is 126 cm³/mol. The predicted octanol–water partition coefficient (Wildman–Crippen LogP) is 2.96. The fraction of sp³-hybridized carbons (Fsp3) is 0.360. The number of nitriles is 1. The molecule has 1 N–H and O–H groups in total. The minimum absolute atomic E-state index is 0.0894. The maximum Gasteiger partial charge on any atom is 0.280 e. The smallest absolute Gasteiger partial charge is 0.280 e. The number of carbonyl (C=O) groups is 1. The summed E-state index contributed by atoms with van der Waals surface area (Å²) in [6.07, 6.45) is 5.59. The van der Waals surface area contributed by atoms with Gasteiger partial charge in [-0.3, -0.25) is 14.7 Å². The molecule has 3 aromatic rings. The molecular formula is C25H28N6O2. The average molecular weight is 445 g/mol. The first-order valence-corrected chi connectivity index (χ1v) is 11.2. The van der Waals surface area contributed by atoms with E-state index in [0.717, 1.165) is 30.8 Å². The number of amides is 1. The van der Waals surface area contributed by atoms with Crippen LogP contribution < -0.4 is 5.56 Å². The van der Waals surface area contributed by atoms with Crippen LogP contribution in [0.15, 0.2) is 47.5 Å². The molecule has 1 aliphatic rings. The zero-order valence-electron chi connectivity index (χ0n) is 19.2. The van der Waals surface area contributed by atoms with Gasteiger partial charge in [0.05, 0.1) is 22.8 Å². The van der Waals surface area contributed by atoms with Crippen LogP contribution in [-0.2, 0) is 0 Å². The van der Waals surface area contributed by atoms with Gasteiger partial charge in [0.1, 0.15) is 0 Å². The fourth-order valence-corrected chi connectivity index (χ4v) is 4.28. The van der Waals surface area contributed by atoms with Crippen LogP contribution in [0.1, 0.15) is 41.3 Å². The Labute approximate surface area is 193 Å². The molecular weight excluding hydrogens is 416 g/mol. The highest BCUT2D eigenvalue weighted by Gasteiger charge is 2.22. The molecule has 33 heavy (non-hydrogen) atoms. The Kier molecular flexibility index (Phi) is 6.43. The van der Waals surface area contributed by atoms with Gasteiger partial charge in [0, 0.05) is 32.0 Å². The highest BCUT2D eigenvalue weighted by Crippen LogP contribution is 2.21. The number of pyridine rings is 1. The van der Waals surface area contributed by atoms with Gasteiger partial charge in [-0.25, -0.2) is 9.67 Å². The molecule has 0 bridgehead atoms. The minimum atomic E-state index is -0.245. The van der Waals surface area contributed by atoms with Crippen LogP contribution in [-0.4, -0.2) is 63.2 Å². The minimum Gasteiger partial charge on any atom is -0.338 e. The van der Waals surface area contributed by atoms with Crippen molar-refractivity contribution in [3.63, 3.8) is 0 Å². The van der Waals surface area contributed by atoms with E-state index in [1.165, 1.54) is 23.7 Å². The van der Waals surface area contributed by atoms with Gasteiger partial charge in [-0.05, 0) is 75.2 Å². The second-order valence-corrected chi connectivity index (χ2v) is 8.65. The summed E-state index contributed by atoms with van der Waals surface area (Å²) in [7, 11) is 1.82. The fourth-order valence-electron chi connectivity index (χ4n) is 4.28. The van der Waals surface area contributed by atoms with E-state index in [9.17, 15) is 9.59 Å². The summed E-state index contributed by atoms with van der Waals surface area (Å²) in [6.45, 7) is 6.98. The number of hydrogen-bond donors (Lipinski definition) is 1. The average Bonchev–Trinajstić information content (AvgIpc) is 3.47. The van der Waals surface area contributed by atoms with Crippen LogP contribution in [0.3, 0.4) is 0 Å². The number of aromatic amines is 1. The molecule has 8 heteroatoms. The Balaban J connectivity index is 1.51. The molecule has 0 spiro atoms. The van der Waals surface area contributed by atoms with E-state index in [1.54, 1.807) is 41.4 Å². The third-order valence-electron chi connectivity index (χ3n) is 6.34. The van der Waals surface area contributed by atoms with Gasteiger partial charge in [0.15, 0.2) is 5.82 Å². The number of aryl methyl sites for hydroxylation is 1. The van der Waals surface area contributed by atoms with Crippen molar-refractivity contribution < 1.29 is 4.79 Å². The summed E-state index contributed by atoms with van der Waals surface area (Å²) in [5.41, 5.74) is 2.89. The van der Waals surface area contributed by atoms with Gasteiger partial charge in [-0.15, -0.1) is 0 Å². The molecule has 1 aromatic carbocycles. The van der Waals surface area contributed by atoms with Gasteiger partial charge >= 0.3 is 0 Å². The summed E-state index contributed by atoms with van der Waals surface area (Å²) >= 11 is 0. The molecule has 1 saturated heterocycles. The summed E-state index contributed by atoms with van der Waals surface area (Å²) in [4.78, 5) is 34.4. The van der Waals surface area contributed by atoms with Crippen molar-refractivity contribution in [3.05, 3.63) is 69.8 Å². The maximum atomic E-state index is 13.0. The molecule has 0 saturated carbocycles. The van der Waals surface area contributed by atoms with Gasteiger partial charge < -0.3 is 9.80 Å². The molecule has 0 aliphatic carbocycles. The highest BCUT2D eigenvalue weighted by atomic mass is 16.2. The molecule has 3 heterocycles. The van der Waals surface area contributed by atoms with Crippen LogP contribution >= 0.6 is 0 Å². The van der Waals surface area contributed by atoms with Crippen LogP contribution in [0.5, 0.6) is 0 Å². The number of benzene rings is 1. The van der Waals surface area contributed by atoms with E-state index < -0.39 is 0 Å². The summed E-state index contributed by atoms with van der Waals surface area (Å²) in [5, 5.41) is 12.0. The van der Waals surface area contributed by atoms with E-state index in [1.807, 2.05) is 14.0 Å². The Hall–Kier alpha value is -3.70. The lowest BCUT2D eigenvalue weighted by Crippen LogP contribution is -2.42. The van der Waals surface area contributed by atoms with Crippen molar-refractivity contribution in [2.75, 3.05) is 26.7 Å². The molecule has 8 nitrogen and oxygen atoms in total. The Morgan fingerprint density at radius 1 is 1.24 bits per heavy atom. The summed E-state index contributed by atoms with van der Waals surface area (Å²) < 4.78 is 1.35.